The van der Waals surface area contributed by atoms with Crippen molar-refractivity contribution in [2.45, 2.75) is 52.2 Å². The number of carbonyl (C=O) groups excluding carboxylic acids is 2. The van der Waals surface area contributed by atoms with Gasteiger partial charge in [0.2, 0.25) is 5.91 Å². The molecule has 0 aromatic carbocycles. The number of aliphatic hydroxyl groups is 1. The van der Waals surface area contributed by atoms with Gasteiger partial charge in [0.1, 0.15) is 12.0 Å². The zero-order valence-electron chi connectivity index (χ0n) is 8.88. The number of amides is 1. The third kappa shape index (κ3) is 7.73. The van der Waals surface area contributed by atoms with Crippen molar-refractivity contribution in [3.05, 3.63) is 0 Å². The van der Waals surface area contributed by atoms with E-state index in [1.54, 1.807) is 0 Å². The Morgan fingerprint density at radius 1 is 1.36 bits per heavy atom. The third-order valence-electron chi connectivity index (χ3n) is 1.82. The summed E-state index contributed by atoms with van der Waals surface area (Å²) >= 11 is 0. The molecule has 2 N–H and O–H groups in total. The third-order valence-corrected chi connectivity index (χ3v) is 1.82. The second kappa shape index (κ2) is 7.50. The molecule has 0 heterocycles. The summed E-state index contributed by atoms with van der Waals surface area (Å²) in [6.45, 7) is 3.44. The molecule has 14 heavy (non-hydrogen) atoms. The maximum Gasteiger partial charge on any atom is 0.221 e. The SMILES string of the molecule is CCCCCC(=O)NC(O)CC(C)=O. The van der Waals surface area contributed by atoms with Crippen LogP contribution < -0.4 is 5.32 Å². The summed E-state index contributed by atoms with van der Waals surface area (Å²) in [5.41, 5.74) is 0. The normalized spacial score (nSPS) is 12.2. The Balaban J connectivity index is 3.55. The van der Waals surface area contributed by atoms with Crippen molar-refractivity contribution in [3.63, 3.8) is 0 Å². The predicted molar refractivity (Wildman–Crippen MR) is 53.6 cm³/mol. The Morgan fingerprint density at radius 2 is 2.00 bits per heavy atom. The molecule has 0 spiro atoms. The van der Waals surface area contributed by atoms with Gasteiger partial charge in [-0.15, -0.1) is 0 Å². The van der Waals surface area contributed by atoms with E-state index < -0.39 is 6.23 Å². The lowest BCUT2D eigenvalue weighted by molar-refractivity contribution is -0.125. The van der Waals surface area contributed by atoms with Crippen LogP contribution in [0.3, 0.4) is 0 Å². The Hall–Kier alpha value is -0.900. The van der Waals surface area contributed by atoms with Crippen LogP contribution in [0.25, 0.3) is 0 Å². The molecule has 1 atom stereocenters. The molecule has 1 unspecified atom stereocenters. The fourth-order valence-corrected chi connectivity index (χ4v) is 1.12. The lowest BCUT2D eigenvalue weighted by atomic mass is 10.2. The highest BCUT2D eigenvalue weighted by atomic mass is 16.3. The minimum absolute atomic E-state index is 0.0144. The molecule has 0 saturated heterocycles. The Labute approximate surface area is 84.7 Å². The van der Waals surface area contributed by atoms with Gasteiger partial charge in [-0.25, -0.2) is 0 Å². The van der Waals surface area contributed by atoms with Crippen molar-refractivity contribution in [3.8, 4) is 0 Å². The van der Waals surface area contributed by atoms with Crippen molar-refractivity contribution in [2.75, 3.05) is 0 Å². The first-order valence-electron chi connectivity index (χ1n) is 5.03. The highest BCUT2D eigenvalue weighted by molar-refractivity contribution is 5.79. The van der Waals surface area contributed by atoms with Crippen molar-refractivity contribution in [2.24, 2.45) is 0 Å². The molecule has 0 aliphatic carbocycles. The van der Waals surface area contributed by atoms with E-state index in [0.29, 0.717) is 6.42 Å². The van der Waals surface area contributed by atoms with E-state index in [9.17, 15) is 14.7 Å². The molecular formula is C10H19NO3. The zero-order valence-corrected chi connectivity index (χ0v) is 8.88. The van der Waals surface area contributed by atoms with E-state index in [1.807, 2.05) is 0 Å². The lowest BCUT2D eigenvalue weighted by Gasteiger charge is -2.10. The fourth-order valence-electron chi connectivity index (χ4n) is 1.12. The Morgan fingerprint density at radius 3 is 2.50 bits per heavy atom. The average Bonchev–Trinajstić information content (AvgIpc) is 2.02. The molecule has 4 nitrogen and oxygen atoms in total. The molecule has 0 bridgehead atoms. The second-order valence-electron chi connectivity index (χ2n) is 3.45. The van der Waals surface area contributed by atoms with Gasteiger partial charge in [0.15, 0.2) is 0 Å². The van der Waals surface area contributed by atoms with Crippen molar-refractivity contribution in [1.82, 2.24) is 5.32 Å². The summed E-state index contributed by atoms with van der Waals surface area (Å²) in [5, 5.41) is 11.6. The van der Waals surface area contributed by atoms with Crippen LogP contribution in [0.1, 0.15) is 46.0 Å². The topological polar surface area (TPSA) is 66.4 Å². The van der Waals surface area contributed by atoms with Crippen LogP contribution in [0.2, 0.25) is 0 Å². The number of rotatable bonds is 7. The molecule has 0 saturated carbocycles. The van der Waals surface area contributed by atoms with E-state index in [4.69, 9.17) is 0 Å². The smallest absolute Gasteiger partial charge is 0.221 e. The van der Waals surface area contributed by atoms with E-state index >= 15 is 0 Å². The van der Waals surface area contributed by atoms with Gasteiger partial charge in [-0.2, -0.15) is 0 Å². The predicted octanol–water partition coefficient (Wildman–Crippen LogP) is 0.980. The van der Waals surface area contributed by atoms with E-state index in [1.165, 1.54) is 6.92 Å². The molecule has 0 aliphatic heterocycles. The quantitative estimate of drug-likeness (QED) is 0.476. The molecular weight excluding hydrogens is 182 g/mol. The standard InChI is InChI=1S/C10H19NO3/c1-3-4-5-6-9(13)11-10(14)7-8(2)12/h10,14H,3-7H2,1-2H3,(H,11,13). The maximum absolute atomic E-state index is 11.1. The fraction of sp³-hybridized carbons (Fsp3) is 0.800. The molecule has 0 aromatic heterocycles. The van der Waals surface area contributed by atoms with Gasteiger partial charge in [0.05, 0.1) is 6.42 Å². The minimum atomic E-state index is -1.03. The summed E-state index contributed by atoms with van der Waals surface area (Å²) in [5.74, 6) is -0.321. The summed E-state index contributed by atoms with van der Waals surface area (Å²) < 4.78 is 0. The van der Waals surface area contributed by atoms with Gasteiger partial charge < -0.3 is 10.4 Å². The van der Waals surface area contributed by atoms with Crippen LogP contribution in [0.5, 0.6) is 0 Å². The molecule has 82 valence electrons. The van der Waals surface area contributed by atoms with Crippen LogP contribution in [0, 0.1) is 0 Å². The van der Waals surface area contributed by atoms with Crippen LogP contribution in [0.15, 0.2) is 0 Å². The number of aliphatic hydroxyl groups excluding tert-OH is 1. The molecule has 0 rings (SSSR count). The van der Waals surface area contributed by atoms with E-state index in [-0.39, 0.29) is 18.1 Å². The number of carbonyl (C=O) groups is 2. The van der Waals surface area contributed by atoms with E-state index in [0.717, 1.165) is 19.3 Å². The second-order valence-corrected chi connectivity index (χ2v) is 3.45. The van der Waals surface area contributed by atoms with Crippen molar-refractivity contribution in [1.29, 1.82) is 0 Å². The van der Waals surface area contributed by atoms with Crippen LogP contribution >= 0.6 is 0 Å². The monoisotopic (exact) mass is 201 g/mol. The van der Waals surface area contributed by atoms with Gasteiger partial charge in [0.25, 0.3) is 0 Å². The Bertz CT molecular complexity index is 192. The summed E-state index contributed by atoms with van der Waals surface area (Å²) in [4.78, 5) is 21.7. The van der Waals surface area contributed by atoms with Gasteiger partial charge in [-0.3, -0.25) is 9.59 Å². The molecule has 0 fully saturated rings. The summed E-state index contributed by atoms with van der Waals surface area (Å²) in [6.07, 6.45) is 2.28. The highest BCUT2D eigenvalue weighted by Gasteiger charge is 2.09. The first-order valence-corrected chi connectivity index (χ1v) is 5.03. The van der Waals surface area contributed by atoms with Crippen molar-refractivity contribution < 1.29 is 14.7 Å². The van der Waals surface area contributed by atoms with Crippen molar-refractivity contribution >= 4 is 11.7 Å². The Kier molecular flexibility index (Phi) is 7.02. The van der Waals surface area contributed by atoms with Gasteiger partial charge in [-0.05, 0) is 13.3 Å². The van der Waals surface area contributed by atoms with Crippen LogP contribution in [0.4, 0.5) is 0 Å². The number of unbranched alkanes of at least 4 members (excludes halogenated alkanes) is 2. The van der Waals surface area contributed by atoms with Crippen LogP contribution in [-0.2, 0) is 9.59 Å². The number of hydrogen-bond acceptors (Lipinski definition) is 3. The zero-order chi connectivity index (χ0) is 11.0. The summed E-state index contributed by atoms with van der Waals surface area (Å²) in [6, 6.07) is 0. The number of Topliss-reactive ketones (excluding diaryl/α,β-unsaturated/α-hetero) is 1. The maximum atomic E-state index is 11.1. The first kappa shape index (κ1) is 13.1. The van der Waals surface area contributed by atoms with Gasteiger partial charge >= 0.3 is 0 Å². The number of hydrogen-bond donors (Lipinski definition) is 2. The molecule has 1 amide bonds. The molecule has 0 radical (unpaired) electrons. The lowest BCUT2D eigenvalue weighted by Crippen LogP contribution is -2.35. The first-order chi connectivity index (χ1) is 6.56. The van der Waals surface area contributed by atoms with Gasteiger partial charge in [0, 0.05) is 6.42 Å². The average molecular weight is 201 g/mol. The van der Waals surface area contributed by atoms with E-state index in [2.05, 4.69) is 12.2 Å². The van der Waals surface area contributed by atoms with Crippen LogP contribution in [-0.4, -0.2) is 23.0 Å². The van der Waals surface area contributed by atoms with Gasteiger partial charge in [-0.1, -0.05) is 19.8 Å². The molecule has 0 aliphatic rings. The number of nitrogens with one attached hydrogen (secondary N) is 1. The largest absolute Gasteiger partial charge is 0.373 e. The number of ketones is 1. The molecule has 0 aromatic rings. The minimum Gasteiger partial charge on any atom is -0.373 e. The highest BCUT2D eigenvalue weighted by Crippen LogP contribution is 1.99. The summed E-state index contributed by atoms with van der Waals surface area (Å²) in [7, 11) is 0. The molecule has 4 heteroatoms.